The molecule has 0 aromatic heterocycles. The number of carbonyl (C=O) groups excluding carboxylic acids is 1. The summed E-state index contributed by atoms with van der Waals surface area (Å²) in [6.45, 7) is 2.01. The molecule has 5 rings (SSSR count). The molecule has 24 heavy (non-hydrogen) atoms. The van der Waals surface area contributed by atoms with Gasteiger partial charge in [-0.3, -0.25) is 9.69 Å². The van der Waals surface area contributed by atoms with Crippen LogP contribution in [0.3, 0.4) is 0 Å². The SMILES string of the molecule is CC1CN(C(=O)C23CC4CC(CC(C4)C2)C3)CC(C(F)(F)F)N1C. The monoisotopic (exact) mass is 344 g/mol. The molecule has 6 heteroatoms. The lowest BCUT2D eigenvalue weighted by atomic mass is 9.49. The molecule has 4 aliphatic carbocycles. The van der Waals surface area contributed by atoms with Crippen LogP contribution in [0.5, 0.6) is 0 Å². The number of carbonyl (C=O) groups is 1. The van der Waals surface area contributed by atoms with Gasteiger partial charge in [-0.05, 0) is 70.3 Å². The van der Waals surface area contributed by atoms with Crippen molar-refractivity contribution in [2.45, 2.75) is 63.7 Å². The maximum atomic E-state index is 13.4. The molecule has 2 unspecified atom stereocenters. The largest absolute Gasteiger partial charge is 0.405 e. The van der Waals surface area contributed by atoms with Crippen LogP contribution in [-0.2, 0) is 4.79 Å². The van der Waals surface area contributed by atoms with Gasteiger partial charge in [-0.25, -0.2) is 0 Å². The molecule has 0 aromatic carbocycles. The summed E-state index contributed by atoms with van der Waals surface area (Å²) in [5.41, 5.74) is -0.347. The Morgan fingerprint density at radius 1 is 1.00 bits per heavy atom. The van der Waals surface area contributed by atoms with E-state index in [0.29, 0.717) is 24.3 Å². The van der Waals surface area contributed by atoms with E-state index in [9.17, 15) is 18.0 Å². The van der Waals surface area contributed by atoms with Gasteiger partial charge in [0.15, 0.2) is 0 Å². The second-order valence-corrected chi connectivity index (χ2v) is 8.98. The first-order valence-corrected chi connectivity index (χ1v) is 9.26. The molecular weight excluding hydrogens is 317 g/mol. The van der Waals surface area contributed by atoms with Gasteiger partial charge in [0, 0.05) is 19.1 Å². The normalized spacial score (nSPS) is 45.7. The molecule has 0 radical (unpaired) electrons. The summed E-state index contributed by atoms with van der Waals surface area (Å²) in [5.74, 6) is 1.91. The zero-order valence-electron chi connectivity index (χ0n) is 14.5. The van der Waals surface area contributed by atoms with Crippen LogP contribution in [0.4, 0.5) is 13.2 Å². The van der Waals surface area contributed by atoms with Crippen molar-refractivity contribution >= 4 is 5.91 Å². The molecule has 0 N–H and O–H groups in total. The first-order valence-electron chi connectivity index (χ1n) is 9.26. The van der Waals surface area contributed by atoms with Crippen LogP contribution in [-0.4, -0.2) is 54.1 Å². The maximum Gasteiger partial charge on any atom is 0.405 e. The molecule has 5 fully saturated rings. The van der Waals surface area contributed by atoms with Gasteiger partial charge in [0.1, 0.15) is 6.04 Å². The highest BCUT2D eigenvalue weighted by Gasteiger charge is 2.57. The molecule has 2 atom stereocenters. The average Bonchev–Trinajstić information content (AvgIpc) is 2.46. The Hall–Kier alpha value is -0.780. The standard InChI is InChI=1S/C18H27F3N2O/c1-11-9-23(10-15(22(11)2)18(19,20)21)16(24)17-6-12-3-13(7-17)5-14(4-12)8-17/h11-15H,3-10H2,1-2H3. The van der Waals surface area contributed by atoms with Crippen molar-refractivity contribution in [3.05, 3.63) is 0 Å². The molecule has 0 spiro atoms. The lowest BCUT2D eigenvalue weighted by Crippen LogP contribution is -2.65. The number of amides is 1. The molecule has 1 amide bonds. The van der Waals surface area contributed by atoms with Crippen LogP contribution < -0.4 is 0 Å². The zero-order chi connectivity index (χ0) is 17.3. The smallest absolute Gasteiger partial charge is 0.339 e. The number of nitrogens with zero attached hydrogens (tertiary/aromatic N) is 2. The van der Waals surface area contributed by atoms with Crippen LogP contribution in [0, 0.1) is 23.2 Å². The maximum absolute atomic E-state index is 13.4. The van der Waals surface area contributed by atoms with Crippen molar-refractivity contribution in [2.75, 3.05) is 20.1 Å². The van der Waals surface area contributed by atoms with Crippen molar-refractivity contribution in [1.82, 2.24) is 9.80 Å². The van der Waals surface area contributed by atoms with E-state index in [1.165, 1.54) is 31.2 Å². The fraction of sp³-hybridized carbons (Fsp3) is 0.944. The fourth-order valence-electron chi connectivity index (χ4n) is 6.38. The van der Waals surface area contributed by atoms with Gasteiger partial charge in [0.25, 0.3) is 0 Å². The topological polar surface area (TPSA) is 23.6 Å². The minimum Gasteiger partial charge on any atom is -0.339 e. The van der Waals surface area contributed by atoms with Crippen molar-refractivity contribution in [3.8, 4) is 0 Å². The molecule has 3 nitrogen and oxygen atoms in total. The first-order chi connectivity index (χ1) is 11.2. The van der Waals surface area contributed by atoms with E-state index in [1.54, 1.807) is 11.8 Å². The van der Waals surface area contributed by atoms with Gasteiger partial charge < -0.3 is 4.90 Å². The van der Waals surface area contributed by atoms with Gasteiger partial charge in [-0.1, -0.05) is 0 Å². The second kappa shape index (κ2) is 5.36. The molecule has 1 saturated heterocycles. The van der Waals surface area contributed by atoms with Crippen LogP contribution in [0.25, 0.3) is 0 Å². The van der Waals surface area contributed by atoms with Crippen molar-refractivity contribution < 1.29 is 18.0 Å². The summed E-state index contributed by atoms with van der Waals surface area (Å²) in [6.07, 6.45) is 2.15. The molecule has 5 aliphatic rings. The van der Waals surface area contributed by atoms with E-state index < -0.39 is 12.2 Å². The predicted octanol–water partition coefficient (Wildman–Crippen LogP) is 3.30. The summed E-state index contributed by atoms with van der Waals surface area (Å²) < 4.78 is 40.2. The Bertz CT molecular complexity index is 498. The highest BCUT2D eigenvalue weighted by Crippen LogP contribution is 2.60. The third-order valence-corrected chi connectivity index (χ3v) is 7.22. The van der Waals surface area contributed by atoms with E-state index in [0.717, 1.165) is 19.3 Å². The van der Waals surface area contributed by atoms with Crippen molar-refractivity contribution in [1.29, 1.82) is 0 Å². The molecular formula is C18H27F3N2O. The Balaban J connectivity index is 1.56. The Morgan fingerprint density at radius 2 is 1.50 bits per heavy atom. The zero-order valence-corrected chi connectivity index (χ0v) is 14.5. The summed E-state index contributed by atoms with van der Waals surface area (Å²) in [5, 5.41) is 0. The fourth-order valence-corrected chi connectivity index (χ4v) is 6.38. The number of hydrogen-bond donors (Lipinski definition) is 0. The Kier molecular flexibility index (Phi) is 3.72. The Labute approximate surface area is 141 Å². The Morgan fingerprint density at radius 3 is 1.96 bits per heavy atom. The van der Waals surface area contributed by atoms with E-state index in [4.69, 9.17) is 0 Å². The summed E-state index contributed by atoms with van der Waals surface area (Å²) in [4.78, 5) is 16.2. The number of rotatable bonds is 1. The molecule has 0 aromatic rings. The molecule has 136 valence electrons. The van der Waals surface area contributed by atoms with Crippen LogP contribution in [0.15, 0.2) is 0 Å². The summed E-state index contributed by atoms with van der Waals surface area (Å²) >= 11 is 0. The highest BCUT2D eigenvalue weighted by molar-refractivity contribution is 5.83. The van der Waals surface area contributed by atoms with Gasteiger partial charge in [-0.2, -0.15) is 13.2 Å². The molecule has 1 aliphatic heterocycles. The molecule has 4 bridgehead atoms. The lowest BCUT2D eigenvalue weighted by molar-refractivity contribution is -0.205. The molecule has 1 heterocycles. The second-order valence-electron chi connectivity index (χ2n) is 8.98. The molecule has 4 saturated carbocycles. The quantitative estimate of drug-likeness (QED) is 0.729. The van der Waals surface area contributed by atoms with Crippen molar-refractivity contribution in [3.63, 3.8) is 0 Å². The summed E-state index contributed by atoms with van der Waals surface area (Å²) in [7, 11) is 1.52. The number of piperazine rings is 1. The minimum atomic E-state index is -4.29. The number of halogens is 3. The van der Waals surface area contributed by atoms with E-state index in [1.807, 2.05) is 0 Å². The summed E-state index contributed by atoms with van der Waals surface area (Å²) in [6, 6.07) is -1.80. The average molecular weight is 344 g/mol. The van der Waals surface area contributed by atoms with Gasteiger partial charge >= 0.3 is 6.18 Å². The minimum absolute atomic E-state index is 0.0239. The van der Waals surface area contributed by atoms with Gasteiger partial charge in [0.05, 0.1) is 5.41 Å². The number of hydrogen-bond acceptors (Lipinski definition) is 2. The van der Waals surface area contributed by atoms with Crippen molar-refractivity contribution in [2.24, 2.45) is 23.2 Å². The van der Waals surface area contributed by atoms with E-state index >= 15 is 0 Å². The first kappa shape index (κ1) is 16.7. The highest BCUT2D eigenvalue weighted by atomic mass is 19.4. The van der Waals surface area contributed by atoms with E-state index in [-0.39, 0.29) is 23.9 Å². The third kappa shape index (κ3) is 2.56. The van der Waals surface area contributed by atoms with E-state index in [2.05, 4.69) is 0 Å². The van der Waals surface area contributed by atoms with Gasteiger partial charge in [-0.15, -0.1) is 0 Å². The van der Waals surface area contributed by atoms with Gasteiger partial charge in [0.2, 0.25) is 5.91 Å². The number of alkyl halides is 3. The van der Waals surface area contributed by atoms with Crippen LogP contribution >= 0.6 is 0 Å². The third-order valence-electron chi connectivity index (χ3n) is 7.22. The predicted molar refractivity (Wildman–Crippen MR) is 84.3 cm³/mol. The lowest BCUT2D eigenvalue weighted by Gasteiger charge is -2.57. The number of likely N-dealkylation sites (N-methyl/N-ethyl adjacent to an activating group) is 1. The van der Waals surface area contributed by atoms with Crippen LogP contribution in [0.1, 0.15) is 45.4 Å². The van der Waals surface area contributed by atoms with Crippen LogP contribution in [0.2, 0.25) is 0 Å².